The van der Waals surface area contributed by atoms with Gasteiger partial charge in [-0.05, 0) is 18.6 Å². The van der Waals surface area contributed by atoms with Crippen molar-refractivity contribution in [2.45, 2.75) is 6.92 Å². The second kappa shape index (κ2) is 4.08. The summed E-state index contributed by atoms with van der Waals surface area (Å²) in [4.78, 5) is 27.7. The SMILES string of the molecule is Cc1c(C(=O)O)ccnc1C(=O)N(C)C. The second-order valence-electron chi connectivity index (χ2n) is 3.34. The molecule has 0 unspecified atom stereocenters. The molecule has 15 heavy (non-hydrogen) atoms. The first-order valence-electron chi connectivity index (χ1n) is 4.35. The van der Waals surface area contributed by atoms with Crippen LogP contribution in [0.5, 0.6) is 0 Å². The van der Waals surface area contributed by atoms with Crippen LogP contribution in [0.3, 0.4) is 0 Å². The standard InChI is InChI=1S/C10H12N2O3/c1-6-7(10(14)15)4-5-11-8(6)9(13)12(2)3/h4-5H,1-3H3,(H,14,15). The highest BCUT2D eigenvalue weighted by Gasteiger charge is 2.17. The maximum absolute atomic E-state index is 11.6. The Kier molecular flexibility index (Phi) is 3.04. The molecule has 0 saturated heterocycles. The van der Waals surface area contributed by atoms with Gasteiger partial charge in [0.15, 0.2) is 0 Å². The molecule has 0 aliphatic carbocycles. The van der Waals surface area contributed by atoms with Crippen LogP contribution in [0.1, 0.15) is 26.4 Å². The third kappa shape index (κ3) is 2.12. The largest absolute Gasteiger partial charge is 0.478 e. The molecule has 80 valence electrons. The molecule has 5 heteroatoms. The van der Waals surface area contributed by atoms with Crippen molar-refractivity contribution in [1.29, 1.82) is 0 Å². The van der Waals surface area contributed by atoms with Gasteiger partial charge < -0.3 is 10.0 Å². The molecule has 0 aliphatic heterocycles. The number of carbonyl (C=O) groups is 2. The van der Waals surface area contributed by atoms with Gasteiger partial charge in [0.25, 0.3) is 5.91 Å². The van der Waals surface area contributed by atoms with Crippen LogP contribution in [0.15, 0.2) is 12.3 Å². The lowest BCUT2D eigenvalue weighted by molar-refractivity contribution is 0.0696. The van der Waals surface area contributed by atoms with E-state index in [2.05, 4.69) is 4.98 Å². The Morgan fingerprint density at radius 3 is 2.47 bits per heavy atom. The van der Waals surface area contributed by atoms with Crippen LogP contribution in [0, 0.1) is 6.92 Å². The highest BCUT2D eigenvalue weighted by atomic mass is 16.4. The van der Waals surface area contributed by atoms with Gasteiger partial charge in [-0.2, -0.15) is 0 Å². The predicted octanol–water partition coefficient (Wildman–Crippen LogP) is 0.790. The Bertz CT molecular complexity index is 413. The van der Waals surface area contributed by atoms with E-state index < -0.39 is 5.97 Å². The molecule has 1 heterocycles. The fourth-order valence-corrected chi connectivity index (χ4v) is 1.19. The van der Waals surface area contributed by atoms with Gasteiger partial charge in [-0.3, -0.25) is 9.78 Å². The number of nitrogens with zero attached hydrogens (tertiary/aromatic N) is 2. The van der Waals surface area contributed by atoms with E-state index in [0.29, 0.717) is 5.56 Å². The average Bonchev–Trinajstić information content (AvgIpc) is 2.16. The van der Waals surface area contributed by atoms with E-state index in [0.717, 1.165) is 0 Å². The zero-order valence-corrected chi connectivity index (χ0v) is 8.81. The van der Waals surface area contributed by atoms with Crippen molar-refractivity contribution in [2.75, 3.05) is 14.1 Å². The molecule has 1 aromatic rings. The monoisotopic (exact) mass is 208 g/mol. The molecular weight excluding hydrogens is 196 g/mol. The number of aromatic carboxylic acids is 1. The Morgan fingerprint density at radius 2 is 2.00 bits per heavy atom. The molecule has 0 aliphatic rings. The van der Waals surface area contributed by atoms with Crippen LogP contribution in [-0.4, -0.2) is 41.0 Å². The van der Waals surface area contributed by atoms with Gasteiger partial charge in [0.1, 0.15) is 5.69 Å². The molecule has 0 fully saturated rings. The second-order valence-corrected chi connectivity index (χ2v) is 3.34. The molecule has 1 rings (SSSR count). The van der Waals surface area contributed by atoms with E-state index in [-0.39, 0.29) is 17.2 Å². The maximum atomic E-state index is 11.6. The summed E-state index contributed by atoms with van der Waals surface area (Å²) in [6.45, 7) is 1.58. The minimum absolute atomic E-state index is 0.107. The third-order valence-corrected chi connectivity index (χ3v) is 2.04. The van der Waals surface area contributed by atoms with Gasteiger partial charge in [0.05, 0.1) is 5.56 Å². The zero-order valence-electron chi connectivity index (χ0n) is 8.81. The number of rotatable bonds is 2. The van der Waals surface area contributed by atoms with Gasteiger partial charge in [0.2, 0.25) is 0 Å². The van der Waals surface area contributed by atoms with Gasteiger partial charge >= 0.3 is 5.97 Å². The molecular formula is C10H12N2O3. The van der Waals surface area contributed by atoms with Crippen molar-refractivity contribution >= 4 is 11.9 Å². The fourth-order valence-electron chi connectivity index (χ4n) is 1.19. The third-order valence-electron chi connectivity index (χ3n) is 2.04. The number of pyridine rings is 1. The minimum atomic E-state index is -1.05. The molecule has 1 N–H and O–H groups in total. The predicted molar refractivity (Wildman–Crippen MR) is 54.0 cm³/mol. The summed E-state index contributed by atoms with van der Waals surface area (Å²) >= 11 is 0. The molecule has 0 saturated carbocycles. The topological polar surface area (TPSA) is 70.5 Å². The number of carboxylic acids is 1. The molecule has 5 nitrogen and oxygen atoms in total. The van der Waals surface area contributed by atoms with Crippen LogP contribution >= 0.6 is 0 Å². The number of hydrogen-bond donors (Lipinski definition) is 1. The summed E-state index contributed by atoms with van der Waals surface area (Å²) in [6, 6.07) is 1.38. The van der Waals surface area contributed by atoms with E-state index in [1.165, 1.54) is 17.2 Å². The van der Waals surface area contributed by atoms with Crippen molar-refractivity contribution in [3.8, 4) is 0 Å². The number of amides is 1. The van der Waals surface area contributed by atoms with E-state index >= 15 is 0 Å². The van der Waals surface area contributed by atoms with Gasteiger partial charge in [-0.25, -0.2) is 4.79 Å². The Morgan fingerprint density at radius 1 is 1.40 bits per heavy atom. The first kappa shape index (κ1) is 11.2. The van der Waals surface area contributed by atoms with E-state index in [1.54, 1.807) is 21.0 Å². The Labute approximate surface area is 87.4 Å². The molecule has 0 atom stereocenters. The summed E-state index contributed by atoms with van der Waals surface area (Å²) in [5.41, 5.74) is 0.679. The summed E-state index contributed by atoms with van der Waals surface area (Å²) < 4.78 is 0. The van der Waals surface area contributed by atoms with Crippen molar-refractivity contribution in [2.24, 2.45) is 0 Å². The average molecular weight is 208 g/mol. The molecule has 0 bridgehead atoms. The summed E-state index contributed by atoms with van der Waals surface area (Å²) in [6.07, 6.45) is 1.33. The Hall–Kier alpha value is -1.91. The van der Waals surface area contributed by atoms with Crippen LogP contribution < -0.4 is 0 Å². The molecule has 0 spiro atoms. The van der Waals surface area contributed by atoms with Gasteiger partial charge in [-0.1, -0.05) is 0 Å². The number of aromatic nitrogens is 1. The molecule has 0 radical (unpaired) electrons. The fraction of sp³-hybridized carbons (Fsp3) is 0.300. The quantitative estimate of drug-likeness (QED) is 0.780. The highest BCUT2D eigenvalue weighted by Crippen LogP contribution is 2.12. The summed E-state index contributed by atoms with van der Waals surface area (Å²) in [7, 11) is 3.19. The number of carbonyl (C=O) groups excluding carboxylic acids is 1. The lowest BCUT2D eigenvalue weighted by atomic mass is 10.1. The lowest BCUT2D eigenvalue weighted by Crippen LogP contribution is -2.24. The van der Waals surface area contributed by atoms with E-state index in [4.69, 9.17) is 5.11 Å². The molecule has 0 aromatic carbocycles. The lowest BCUT2D eigenvalue weighted by Gasteiger charge is -2.12. The number of carboxylic acid groups (broad SMARTS) is 1. The first-order valence-corrected chi connectivity index (χ1v) is 4.35. The van der Waals surface area contributed by atoms with E-state index in [1.807, 2.05) is 0 Å². The first-order chi connectivity index (χ1) is 6.95. The molecule has 1 amide bonds. The van der Waals surface area contributed by atoms with Crippen molar-refractivity contribution in [3.05, 3.63) is 29.1 Å². The summed E-state index contributed by atoms with van der Waals surface area (Å²) in [5.74, 6) is -1.35. The zero-order chi connectivity index (χ0) is 11.6. The highest BCUT2D eigenvalue weighted by molar-refractivity contribution is 5.97. The van der Waals surface area contributed by atoms with Gasteiger partial charge in [0, 0.05) is 20.3 Å². The Balaban J connectivity index is 3.27. The van der Waals surface area contributed by atoms with E-state index in [9.17, 15) is 9.59 Å². The number of hydrogen-bond acceptors (Lipinski definition) is 3. The molecule has 1 aromatic heterocycles. The van der Waals surface area contributed by atoms with Crippen molar-refractivity contribution in [3.63, 3.8) is 0 Å². The summed E-state index contributed by atoms with van der Waals surface area (Å²) in [5, 5.41) is 8.86. The normalized spacial score (nSPS) is 9.80. The van der Waals surface area contributed by atoms with Crippen LogP contribution in [0.4, 0.5) is 0 Å². The minimum Gasteiger partial charge on any atom is -0.478 e. The van der Waals surface area contributed by atoms with Crippen LogP contribution in [0.25, 0.3) is 0 Å². The van der Waals surface area contributed by atoms with Crippen LogP contribution in [-0.2, 0) is 0 Å². The van der Waals surface area contributed by atoms with Crippen molar-refractivity contribution in [1.82, 2.24) is 9.88 Å². The maximum Gasteiger partial charge on any atom is 0.336 e. The van der Waals surface area contributed by atoms with Gasteiger partial charge in [-0.15, -0.1) is 0 Å². The smallest absolute Gasteiger partial charge is 0.336 e. The van der Waals surface area contributed by atoms with Crippen molar-refractivity contribution < 1.29 is 14.7 Å². The van der Waals surface area contributed by atoms with Crippen LogP contribution in [0.2, 0.25) is 0 Å².